The van der Waals surface area contributed by atoms with Gasteiger partial charge in [0.25, 0.3) is 6.23 Å². The number of para-hydroxylation sites is 1. The molecule has 0 aliphatic carbocycles. The summed E-state index contributed by atoms with van der Waals surface area (Å²) >= 11 is 0. The lowest BCUT2D eigenvalue weighted by Crippen LogP contribution is -2.45. The molecule has 0 unspecified atom stereocenters. The maximum atomic E-state index is 13.4. The number of Topliss-reactive ketones (excluding diaryl/α,β-unsaturated/α-hetero) is 1. The molecule has 150 valence electrons. The zero-order valence-corrected chi connectivity index (χ0v) is 16.3. The standard InChI is InChI=1S/C24H19FN2O3/c1-29-18-12-8-16(9-13-18)23(28)24-27-21(19-4-2-3-5-22(19)30-24)14-20(26-27)15-6-10-17(25)11-7-15/h2-13,21,24H,14H2,1H3/t21-,24-/m0/s1. The van der Waals surface area contributed by atoms with Crippen molar-refractivity contribution in [3.05, 3.63) is 95.3 Å². The lowest BCUT2D eigenvalue weighted by Gasteiger charge is -2.37. The number of ketones is 1. The van der Waals surface area contributed by atoms with Crippen molar-refractivity contribution in [2.24, 2.45) is 5.10 Å². The number of hydrogen-bond acceptors (Lipinski definition) is 5. The second kappa shape index (κ2) is 7.30. The van der Waals surface area contributed by atoms with Crippen LogP contribution in [0.1, 0.15) is 33.9 Å². The molecule has 0 saturated carbocycles. The molecule has 3 aromatic rings. The Bertz CT molecular complexity index is 1130. The third-order valence-electron chi connectivity index (χ3n) is 5.48. The lowest BCUT2D eigenvalue weighted by atomic mass is 9.96. The van der Waals surface area contributed by atoms with Gasteiger partial charge in [0.15, 0.2) is 0 Å². The van der Waals surface area contributed by atoms with E-state index in [-0.39, 0.29) is 17.6 Å². The van der Waals surface area contributed by atoms with Gasteiger partial charge in [-0.2, -0.15) is 5.10 Å². The van der Waals surface area contributed by atoms with Crippen molar-refractivity contribution in [1.82, 2.24) is 5.01 Å². The molecule has 2 atom stereocenters. The second-order valence-electron chi connectivity index (χ2n) is 7.25. The van der Waals surface area contributed by atoms with E-state index in [1.807, 2.05) is 24.3 Å². The van der Waals surface area contributed by atoms with Crippen LogP contribution in [0.25, 0.3) is 0 Å². The highest BCUT2D eigenvalue weighted by Crippen LogP contribution is 2.43. The number of nitrogens with zero attached hydrogens (tertiary/aromatic N) is 2. The molecule has 30 heavy (non-hydrogen) atoms. The normalized spacial score (nSPS) is 19.4. The molecule has 0 amide bonds. The van der Waals surface area contributed by atoms with Gasteiger partial charge in [0.2, 0.25) is 5.78 Å². The van der Waals surface area contributed by atoms with Crippen molar-refractivity contribution >= 4 is 11.5 Å². The predicted molar refractivity (Wildman–Crippen MR) is 110 cm³/mol. The highest BCUT2D eigenvalue weighted by atomic mass is 19.1. The number of benzene rings is 3. The van der Waals surface area contributed by atoms with Gasteiger partial charge in [-0.15, -0.1) is 0 Å². The van der Waals surface area contributed by atoms with Gasteiger partial charge in [-0.25, -0.2) is 9.40 Å². The molecule has 3 aromatic carbocycles. The van der Waals surface area contributed by atoms with Crippen LogP contribution in [0.5, 0.6) is 11.5 Å². The number of carbonyl (C=O) groups is 1. The topological polar surface area (TPSA) is 51.1 Å². The summed E-state index contributed by atoms with van der Waals surface area (Å²) in [7, 11) is 1.58. The van der Waals surface area contributed by atoms with Crippen molar-refractivity contribution in [3.63, 3.8) is 0 Å². The lowest BCUT2D eigenvalue weighted by molar-refractivity contribution is -0.00455. The molecule has 2 aliphatic rings. The molecule has 0 saturated heterocycles. The third-order valence-corrected chi connectivity index (χ3v) is 5.48. The van der Waals surface area contributed by atoms with Crippen LogP contribution in [0.4, 0.5) is 4.39 Å². The van der Waals surface area contributed by atoms with Crippen molar-refractivity contribution in [2.45, 2.75) is 18.7 Å². The smallest absolute Gasteiger partial charge is 0.251 e. The van der Waals surface area contributed by atoms with Crippen LogP contribution in [0.3, 0.4) is 0 Å². The Kier molecular flexibility index (Phi) is 4.47. The van der Waals surface area contributed by atoms with Crippen molar-refractivity contribution in [3.8, 4) is 11.5 Å². The summed E-state index contributed by atoms with van der Waals surface area (Å²) in [4.78, 5) is 13.3. The summed E-state index contributed by atoms with van der Waals surface area (Å²) in [5.41, 5.74) is 3.13. The molecule has 0 N–H and O–H groups in total. The van der Waals surface area contributed by atoms with Crippen LogP contribution in [-0.4, -0.2) is 29.8 Å². The molecule has 0 radical (unpaired) electrons. The summed E-state index contributed by atoms with van der Waals surface area (Å²) in [6.07, 6.45) is -0.269. The van der Waals surface area contributed by atoms with Crippen LogP contribution < -0.4 is 9.47 Å². The fourth-order valence-electron chi connectivity index (χ4n) is 3.92. The maximum absolute atomic E-state index is 13.4. The Hall–Kier alpha value is -3.67. The Labute approximate surface area is 173 Å². The Morgan fingerprint density at radius 1 is 1.07 bits per heavy atom. The van der Waals surface area contributed by atoms with Gasteiger partial charge in [-0.1, -0.05) is 30.3 Å². The highest BCUT2D eigenvalue weighted by Gasteiger charge is 2.43. The number of rotatable bonds is 4. The number of carbonyl (C=O) groups excluding carboxylic acids is 1. The van der Waals surface area contributed by atoms with E-state index in [1.54, 1.807) is 48.5 Å². The molecule has 2 heterocycles. The molecule has 0 aromatic heterocycles. The molecular formula is C24H19FN2O3. The molecular weight excluding hydrogens is 383 g/mol. The maximum Gasteiger partial charge on any atom is 0.251 e. The van der Waals surface area contributed by atoms with Gasteiger partial charge in [0, 0.05) is 17.5 Å². The number of ether oxygens (including phenoxy) is 2. The first-order valence-electron chi connectivity index (χ1n) is 9.69. The molecule has 6 heteroatoms. The number of fused-ring (bicyclic) bond motifs is 3. The molecule has 0 bridgehead atoms. The van der Waals surface area contributed by atoms with Gasteiger partial charge in [-0.3, -0.25) is 4.79 Å². The van der Waals surface area contributed by atoms with Gasteiger partial charge >= 0.3 is 0 Å². The van der Waals surface area contributed by atoms with E-state index in [2.05, 4.69) is 0 Å². The number of hydrazone groups is 1. The summed E-state index contributed by atoms with van der Waals surface area (Å²) < 4.78 is 24.6. The average molecular weight is 402 g/mol. The van der Waals surface area contributed by atoms with Gasteiger partial charge in [0.1, 0.15) is 17.3 Å². The van der Waals surface area contributed by atoms with Crippen LogP contribution >= 0.6 is 0 Å². The first-order chi connectivity index (χ1) is 14.6. The minimum absolute atomic E-state index is 0.123. The second-order valence-corrected chi connectivity index (χ2v) is 7.25. The molecule has 5 rings (SSSR count). The van der Waals surface area contributed by atoms with Crippen LogP contribution in [-0.2, 0) is 0 Å². The van der Waals surface area contributed by atoms with E-state index in [1.165, 1.54) is 12.1 Å². The van der Waals surface area contributed by atoms with Crippen molar-refractivity contribution in [1.29, 1.82) is 0 Å². The number of halogens is 1. The van der Waals surface area contributed by atoms with E-state index >= 15 is 0 Å². The fraction of sp³-hybridized carbons (Fsp3) is 0.167. The van der Waals surface area contributed by atoms with Gasteiger partial charge in [0.05, 0.1) is 18.9 Å². The Morgan fingerprint density at radius 3 is 2.53 bits per heavy atom. The Morgan fingerprint density at radius 2 is 1.80 bits per heavy atom. The van der Waals surface area contributed by atoms with Crippen LogP contribution in [0.2, 0.25) is 0 Å². The summed E-state index contributed by atoms with van der Waals surface area (Å²) in [6.45, 7) is 0. The minimum Gasteiger partial charge on any atom is -0.497 e. The predicted octanol–water partition coefficient (Wildman–Crippen LogP) is 4.59. The van der Waals surface area contributed by atoms with Crippen molar-refractivity contribution < 1.29 is 18.7 Å². The van der Waals surface area contributed by atoms with Crippen molar-refractivity contribution in [2.75, 3.05) is 7.11 Å². The molecule has 0 fully saturated rings. The number of methoxy groups -OCH3 is 1. The Balaban J connectivity index is 1.53. The van der Waals surface area contributed by atoms with E-state index < -0.39 is 6.23 Å². The quantitative estimate of drug-likeness (QED) is 0.599. The summed E-state index contributed by atoms with van der Waals surface area (Å²) in [5.74, 6) is 0.885. The zero-order valence-electron chi connectivity index (χ0n) is 16.3. The largest absolute Gasteiger partial charge is 0.497 e. The van der Waals surface area contributed by atoms with E-state index in [9.17, 15) is 9.18 Å². The van der Waals surface area contributed by atoms with E-state index in [0.717, 1.165) is 16.8 Å². The molecule has 0 spiro atoms. The SMILES string of the molecule is COc1ccc(C(=O)[C@@H]2Oc3ccccc3[C@@H]3CC(c4ccc(F)cc4)=NN23)cc1. The highest BCUT2D eigenvalue weighted by molar-refractivity contribution is 6.03. The third kappa shape index (κ3) is 3.10. The first kappa shape index (κ1) is 18.4. The fourth-order valence-corrected chi connectivity index (χ4v) is 3.92. The molecule has 5 nitrogen and oxygen atoms in total. The first-order valence-corrected chi connectivity index (χ1v) is 9.69. The van der Waals surface area contributed by atoms with Crippen LogP contribution in [0.15, 0.2) is 77.9 Å². The number of hydrogen-bond donors (Lipinski definition) is 0. The van der Waals surface area contributed by atoms with E-state index in [4.69, 9.17) is 14.6 Å². The van der Waals surface area contributed by atoms with Gasteiger partial charge < -0.3 is 9.47 Å². The minimum atomic E-state index is -0.878. The summed E-state index contributed by atoms with van der Waals surface area (Å²) in [6, 6.07) is 20.8. The van der Waals surface area contributed by atoms with E-state index in [0.29, 0.717) is 23.5 Å². The monoisotopic (exact) mass is 402 g/mol. The summed E-state index contributed by atoms with van der Waals surface area (Å²) in [5, 5.41) is 6.46. The average Bonchev–Trinajstić information content (AvgIpc) is 3.24. The zero-order chi connectivity index (χ0) is 20.7. The van der Waals surface area contributed by atoms with Gasteiger partial charge in [-0.05, 0) is 48.0 Å². The van der Waals surface area contributed by atoms with Crippen LogP contribution in [0, 0.1) is 5.82 Å². The molecule has 2 aliphatic heterocycles.